The first-order valence-electron chi connectivity index (χ1n) is 9.44. The number of piperazine rings is 1. The maximum absolute atomic E-state index is 13.0. The predicted octanol–water partition coefficient (Wildman–Crippen LogP) is 1.19. The van der Waals surface area contributed by atoms with Crippen LogP contribution in [0.2, 0.25) is 0 Å². The molecule has 1 N–H and O–H groups in total. The Labute approximate surface area is 165 Å². The molecule has 1 heterocycles. The van der Waals surface area contributed by atoms with Crippen molar-refractivity contribution in [2.45, 2.75) is 11.8 Å². The lowest BCUT2D eigenvalue weighted by Crippen LogP contribution is -3.15. The number of benzene rings is 2. The van der Waals surface area contributed by atoms with Gasteiger partial charge in [0, 0.05) is 0 Å². The molecule has 8 heteroatoms. The topological polar surface area (TPSA) is 60.3 Å². The second-order valence-electron chi connectivity index (χ2n) is 6.61. The molecule has 0 aliphatic carbocycles. The number of halogens is 1. The molecule has 2 aromatic rings. The van der Waals surface area contributed by atoms with Gasteiger partial charge in [-0.2, -0.15) is 4.31 Å². The molecule has 6 nitrogen and oxygen atoms in total. The van der Waals surface area contributed by atoms with Gasteiger partial charge in [-0.25, -0.2) is 12.8 Å². The van der Waals surface area contributed by atoms with E-state index in [4.69, 9.17) is 9.47 Å². The van der Waals surface area contributed by atoms with Gasteiger partial charge in [-0.15, -0.1) is 0 Å². The zero-order chi connectivity index (χ0) is 20.0. The van der Waals surface area contributed by atoms with E-state index in [1.807, 2.05) is 31.2 Å². The van der Waals surface area contributed by atoms with Crippen molar-refractivity contribution in [1.29, 1.82) is 0 Å². The summed E-state index contributed by atoms with van der Waals surface area (Å²) in [5, 5.41) is 0. The minimum atomic E-state index is -3.56. The Morgan fingerprint density at radius 1 is 0.964 bits per heavy atom. The van der Waals surface area contributed by atoms with Gasteiger partial charge in [-0.1, -0.05) is 0 Å². The SMILES string of the molecule is CCOc1ccc(OCC[NH+]2CCN(S(=O)(=O)c3ccc(F)cc3)CC2)cc1. The van der Waals surface area contributed by atoms with Crippen molar-refractivity contribution in [3.63, 3.8) is 0 Å². The molecule has 1 aliphatic heterocycles. The van der Waals surface area contributed by atoms with E-state index in [1.165, 1.54) is 33.5 Å². The summed E-state index contributed by atoms with van der Waals surface area (Å²) < 4.78 is 51.0. The Hall–Kier alpha value is -2.16. The minimum absolute atomic E-state index is 0.135. The fourth-order valence-electron chi connectivity index (χ4n) is 3.16. The molecule has 0 amide bonds. The van der Waals surface area contributed by atoms with E-state index in [0.717, 1.165) is 18.0 Å². The average molecular weight is 410 g/mol. The fourth-order valence-corrected chi connectivity index (χ4v) is 4.60. The van der Waals surface area contributed by atoms with E-state index in [2.05, 4.69) is 0 Å². The van der Waals surface area contributed by atoms with E-state index in [1.54, 1.807) is 0 Å². The Bertz CT molecular complexity index is 849. The fraction of sp³-hybridized carbons (Fsp3) is 0.400. The van der Waals surface area contributed by atoms with E-state index in [-0.39, 0.29) is 4.90 Å². The summed E-state index contributed by atoms with van der Waals surface area (Å²) in [5.41, 5.74) is 0. The summed E-state index contributed by atoms with van der Waals surface area (Å²) >= 11 is 0. The number of nitrogens with one attached hydrogen (secondary N) is 1. The molecule has 3 rings (SSSR count). The Balaban J connectivity index is 1.44. The van der Waals surface area contributed by atoms with Crippen molar-refractivity contribution in [3.05, 3.63) is 54.3 Å². The van der Waals surface area contributed by atoms with Gasteiger partial charge in [-0.05, 0) is 55.5 Å². The van der Waals surface area contributed by atoms with Crippen molar-refractivity contribution >= 4 is 10.0 Å². The zero-order valence-corrected chi connectivity index (χ0v) is 16.8. The van der Waals surface area contributed by atoms with Gasteiger partial charge in [-0.3, -0.25) is 0 Å². The van der Waals surface area contributed by atoms with Crippen LogP contribution in [0.25, 0.3) is 0 Å². The van der Waals surface area contributed by atoms with Crippen molar-refractivity contribution in [2.75, 3.05) is 45.9 Å². The lowest BCUT2D eigenvalue weighted by molar-refractivity contribution is -0.903. The van der Waals surface area contributed by atoms with Crippen LogP contribution in [0, 0.1) is 5.82 Å². The van der Waals surface area contributed by atoms with Crippen LogP contribution < -0.4 is 14.4 Å². The standard InChI is InChI=1S/C20H25FN2O4S/c1-2-26-18-5-7-19(8-6-18)27-16-15-22-11-13-23(14-12-22)28(24,25)20-9-3-17(21)4-10-20/h3-10H,2,11-16H2,1H3/p+1. The molecular weight excluding hydrogens is 383 g/mol. The lowest BCUT2D eigenvalue weighted by Gasteiger charge is -2.31. The number of hydrogen-bond acceptors (Lipinski definition) is 4. The van der Waals surface area contributed by atoms with Crippen molar-refractivity contribution in [2.24, 2.45) is 0 Å². The third-order valence-electron chi connectivity index (χ3n) is 4.74. The molecule has 0 aromatic heterocycles. The van der Waals surface area contributed by atoms with Crippen LogP contribution in [-0.2, 0) is 10.0 Å². The van der Waals surface area contributed by atoms with Crippen molar-refractivity contribution < 1.29 is 27.2 Å². The molecule has 1 saturated heterocycles. The van der Waals surface area contributed by atoms with E-state index < -0.39 is 15.8 Å². The molecule has 28 heavy (non-hydrogen) atoms. The highest BCUT2D eigenvalue weighted by molar-refractivity contribution is 7.89. The molecule has 0 unspecified atom stereocenters. The van der Waals surface area contributed by atoms with Crippen LogP contribution in [0.4, 0.5) is 4.39 Å². The molecule has 1 fully saturated rings. The second-order valence-corrected chi connectivity index (χ2v) is 8.55. The van der Waals surface area contributed by atoms with Gasteiger partial charge in [0.15, 0.2) is 0 Å². The average Bonchev–Trinajstić information content (AvgIpc) is 2.70. The Morgan fingerprint density at radius 3 is 2.11 bits per heavy atom. The largest absolute Gasteiger partial charge is 0.494 e. The molecule has 0 bridgehead atoms. The molecule has 0 spiro atoms. The minimum Gasteiger partial charge on any atom is -0.494 e. The van der Waals surface area contributed by atoms with E-state index in [0.29, 0.717) is 39.4 Å². The number of ether oxygens (including phenoxy) is 2. The first kappa shape index (κ1) is 20.6. The third kappa shape index (κ3) is 5.21. The number of sulfonamides is 1. The summed E-state index contributed by atoms with van der Waals surface area (Å²) in [7, 11) is -3.56. The van der Waals surface area contributed by atoms with Crippen molar-refractivity contribution in [1.82, 2.24) is 4.31 Å². The molecule has 0 radical (unpaired) electrons. The Kier molecular flexibility index (Phi) is 6.88. The second kappa shape index (κ2) is 9.36. The molecule has 1 aliphatic rings. The summed E-state index contributed by atoms with van der Waals surface area (Å²) in [6.45, 7) is 6.26. The van der Waals surface area contributed by atoms with Gasteiger partial charge in [0.25, 0.3) is 0 Å². The number of quaternary nitrogens is 1. The quantitative estimate of drug-likeness (QED) is 0.712. The highest BCUT2D eigenvalue weighted by Crippen LogP contribution is 2.17. The predicted molar refractivity (Wildman–Crippen MR) is 104 cm³/mol. The van der Waals surface area contributed by atoms with Gasteiger partial charge < -0.3 is 14.4 Å². The molecule has 0 saturated carbocycles. The summed E-state index contributed by atoms with van der Waals surface area (Å²) in [6, 6.07) is 12.5. The molecular formula is C20H26FN2O4S+. The molecule has 2 aromatic carbocycles. The van der Waals surface area contributed by atoms with Gasteiger partial charge >= 0.3 is 0 Å². The smallest absolute Gasteiger partial charge is 0.243 e. The number of hydrogen-bond donors (Lipinski definition) is 1. The lowest BCUT2D eigenvalue weighted by atomic mass is 10.3. The first-order chi connectivity index (χ1) is 13.5. The highest BCUT2D eigenvalue weighted by Gasteiger charge is 2.30. The van der Waals surface area contributed by atoms with Gasteiger partial charge in [0.2, 0.25) is 10.0 Å². The van der Waals surface area contributed by atoms with Crippen LogP contribution in [0.1, 0.15) is 6.92 Å². The zero-order valence-electron chi connectivity index (χ0n) is 15.9. The normalized spacial score (nSPS) is 16.1. The van der Waals surface area contributed by atoms with Crippen LogP contribution in [0.3, 0.4) is 0 Å². The Morgan fingerprint density at radius 2 is 1.54 bits per heavy atom. The van der Waals surface area contributed by atoms with Crippen LogP contribution in [0.5, 0.6) is 11.5 Å². The van der Waals surface area contributed by atoms with E-state index in [9.17, 15) is 12.8 Å². The first-order valence-corrected chi connectivity index (χ1v) is 10.9. The van der Waals surface area contributed by atoms with Crippen LogP contribution in [-0.4, -0.2) is 58.7 Å². The van der Waals surface area contributed by atoms with Crippen molar-refractivity contribution in [3.8, 4) is 11.5 Å². The maximum Gasteiger partial charge on any atom is 0.243 e. The van der Waals surface area contributed by atoms with Gasteiger partial charge in [0.1, 0.15) is 30.5 Å². The highest BCUT2D eigenvalue weighted by atomic mass is 32.2. The van der Waals surface area contributed by atoms with Crippen LogP contribution >= 0.6 is 0 Å². The summed E-state index contributed by atoms with van der Waals surface area (Å²) in [5.74, 6) is 1.17. The van der Waals surface area contributed by atoms with Gasteiger partial charge in [0.05, 0.1) is 37.7 Å². The summed E-state index contributed by atoms with van der Waals surface area (Å²) in [4.78, 5) is 1.44. The number of rotatable bonds is 8. The monoisotopic (exact) mass is 409 g/mol. The molecule has 152 valence electrons. The third-order valence-corrected chi connectivity index (χ3v) is 6.65. The van der Waals surface area contributed by atoms with Crippen LogP contribution in [0.15, 0.2) is 53.4 Å². The van der Waals surface area contributed by atoms with E-state index >= 15 is 0 Å². The maximum atomic E-state index is 13.0. The number of nitrogens with zero attached hydrogens (tertiary/aromatic N) is 1. The summed E-state index contributed by atoms with van der Waals surface area (Å²) in [6.07, 6.45) is 0. The molecule has 0 atom stereocenters.